The van der Waals surface area contributed by atoms with E-state index in [1.54, 1.807) is 12.1 Å². The molecule has 5 heteroatoms. The van der Waals surface area contributed by atoms with Crippen LogP contribution in [0.15, 0.2) is 42.5 Å². The average Bonchev–Trinajstić information content (AvgIpc) is 3.12. The van der Waals surface area contributed by atoms with Gasteiger partial charge in [-0.3, -0.25) is 4.68 Å². The smallest absolute Gasteiger partial charge is 0.123 e. The second kappa shape index (κ2) is 10.1. The normalized spacial score (nSPS) is 17.6. The summed E-state index contributed by atoms with van der Waals surface area (Å²) in [5.74, 6) is 7.31. The van der Waals surface area contributed by atoms with Crippen LogP contribution in [-0.2, 0) is 11.3 Å². The van der Waals surface area contributed by atoms with Crippen LogP contribution in [0.2, 0.25) is 5.02 Å². The number of halogens is 1. The lowest BCUT2D eigenvalue weighted by atomic mass is 9.83. The Hall–Kier alpha value is -3.34. The summed E-state index contributed by atoms with van der Waals surface area (Å²) in [4.78, 5) is 10.9. The van der Waals surface area contributed by atoms with Crippen LogP contribution in [0, 0.1) is 48.9 Å². The molecule has 3 aromatic rings. The summed E-state index contributed by atoms with van der Waals surface area (Å²) in [5.41, 5.74) is 6.62. The summed E-state index contributed by atoms with van der Waals surface area (Å²) in [6.45, 7) is 4.79. The van der Waals surface area contributed by atoms with Crippen LogP contribution in [0.1, 0.15) is 53.6 Å². The summed E-state index contributed by atoms with van der Waals surface area (Å²) >= 11 is 6.23. The molecule has 1 aromatic heterocycles. The Kier molecular flexibility index (Phi) is 6.97. The molecule has 0 atom stereocenters. The van der Waals surface area contributed by atoms with E-state index in [9.17, 15) is 4.79 Å². The van der Waals surface area contributed by atoms with Crippen molar-refractivity contribution >= 4 is 17.9 Å². The molecule has 1 fully saturated rings. The van der Waals surface area contributed by atoms with Gasteiger partial charge in [-0.2, -0.15) is 10.4 Å². The van der Waals surface area contributed by atoms with Gasteiger partial charge in [0.15, 0.2) is 0 Å². The number of hydrogen-bond acceptors (Lipinski definition) is 3. The third-order valence-corrected chi connectivity index (χ3v) is 6.85. The van der Waals surface area contributed by atoms with Gasteiger partial charge in [0.2, 0.25) is 0 Å². The third-order valence-electron chi connectivity index (χ3n) is 6.54. The summed E-state index contributed by atoms with van der Waals surface area (Å²) in [6.07, 6.45) is 5.04. The zero-order valence-corrected chi connectivity index (χ0v) is 19.7. The standard InChI is InChI=1S/C28H26ClN3O/c1-19-20(2)32(31-28(19)25-13-14-26(16-30)27(29)15-25)17-23-9-5-21(6-10-23)3-4-22-7-11-24(18-33)12-8-22/h5-6,9-10,13-15,18,22,24H,7-8,11-12,17H2,1-2H3. The van der Waals surface area contributed by atoms with Gasteiger partial charge in [0.25, 0.3) is 0 Å². The minimum atomic E-state index is 0.228. The van der Waals surface area contributed by atoms with Crippen molar-refractivity contribution in [3.05, 3.63) is 75.4 Å². The highest BCUT2D eigenvalue weighted by Crippen LogP contribution is 2.29. The second-order valence-electron chi connectivity index (χ2n) is 8.74. The Morgan fingerprint density at radius 2 is 1.85 bits per heavy atom. The number of nitrogens with zero attached hydrogens (tertiary/aromatic N) is 3. The van der Waals surface area contributed by atoms with Crippen LogP contribution in [0.4, 0.5) is 0 Å². The van der Waals surface area contributed by atoms with Crippen LogP contribution in [0.3, 0.4) is 0 Å². The Morgan fingerprint density at radius 1 is 1.12 bits per heavy atom. The minimum absolute atomic E-state index is 0.228. The number of aldehydes is 1. The van der Waals surface area contributed by atoms with Crippen molar-refractivity contribution < 1.29 is 4.79 Å². The number of aromatic nitrogens is 2. The highest BCUT2D eigenvalue weighted by molar-refractivity contribution is 6.32. The van der Waals surface area contributed by atoms with Gasteiger partial charge in [-0.15, -0.1) is 0 Å². The number of rotatable bonds is 4. The molecular formula is C28H26ClN3O. The summed E-state index contributed by atoms with van der Waals surface area (Å²) < 4.78 is 2.00. The first kappa shape index (κ1) is 22.8. The Bertz CT molecular complexity index is 1260. The summed E-state index contributed by atoms with van der Waals surface area (Å²) in [5, 5.41) is 14.4. The maximum atomic E-state index is 10.9. The van der Waals surface area contributed by atoms with E-state index in [0.717, 1.165) is 65.6 Å². The molecule has 1 aliphatic carbocycles. The maximum Gasteiger partial charge on any atom is 0.123 e. The first-order chi connectivity index (χ1) is 16.0. The topological polar surface area (TPSA) is 58.7 Å². The van der Waals surface area contributed by atoms with Gasteiger partial charge < -0.3 is 4.79 Å². The van der Waals surface area contributed by atoms with Gasteiger partial charge in [0.1, 0.15) is 12.4 Å². The zero-order valence-electron chi connectivity index (χ0n) is 18.9. The van der Waals surface area contributed by atoms with Crippen molar-refractivity contribution in [1.82, 2.24) is 9.78 Å². The van der Waals surface area contributed by atoms with Crippen molar-refractivity contribution in [3.63, 3.8) is 0 Å². The van der Waals surface area contributed by atoms with Crippen molar-refractivity contribution in [1.29, 1.82) is 5.26 Å². The first-order valence-electron chi connectivity index (χ1n) is 11.3. The molecule has 0 spiro atoms. The van der Waals surface area contributed by atoms with Gasteiger partial charge in [-0.05, 0) is 74.9 Å². The zero-order chi connectivity index (χ0) is 23.4. The van der Waals surface area contributed by atoms with Crippen LogP contribution >= 0.6 is 11.6 Å². The van der Waals surface area contributed by atoms with Crippen molar-refractivity contribution in [2.75, 3.05) is 0 Å². The molecule has 166 valence electrons. The van der Waals surface area contributed by atoms with Gasteiger partial charge in [0.05, 0.1) is 22.8 Å². The fourth-order valence-electron chi connectivity index (χ4n) is 4.27. The average molecular weight is 456 g/mol. The molecule has 1 aliphatic rings. The molecule has 0 aliphatic heterocycles. The molecule has 0 unspecified atom stereocenters. The summed E-state index contributed by atoms with van der Waals surface area (Å²) in [6, 6.07) is 15.8. The Morgan fingerprint density at radius 3 is 2.48 bits per heavy atom. The predicted molar refractivity (Wildman–Crippen MR) is 131 cm³/mol. The predicted octanol–water partition coefficient (Wildman–Crippen LogP) is 6.10. The Labute approximate surface area is 200 Å². The molecule has 1 heterocycles. The van der Waals surface area contributed by atoms with Crippen molar-refractivity contribution in [2.24, 2.45) is 11.8 Å². The lowest BCUT2D eigenvalue weighted by molar-refractivity contribution is -0.112. The number of carbonyl (C=O) groups excluding carboxylic acids is 1. The fourth-order valence-corrected chi connectivity index (χ4v) is 4.49. The van der Waals surface area contributed by atoms with Gasteiger partial charge in [-0.25, -0.2) is 0 Å². The molecule has 33 heavy (non-hydrogen) atoms. The van der Waals surface area contributed by atoms with Gasteiger partial charge >= 0.3 is 0 Å². The largest absolute Gasteiger partial charge is 0.303 e. The van der Waals surface area contributed by atoms with E-state index in [0.29, 0.717) is 23.0 Å². The van der Waals surface area contributed by atoms with E-state index in [1.807, 2.05) is 10.7 Å². The third kappa shape index (κ3) is 5.19. The molecular weight excluding hydrogens is 430 g/mol. The molecule has 1 saturated carbocycles. The quantitative estimate of drug-likeness (QED) is 0.353. The lowest BCUT2D eigenvalue weighted by Crippen LogP contribution is -2.14. The Balaban J connectivity index is 1.46. The maximum absolute atomic E-state index is 10.9. The van der Waals surface area contributed by atoms with Crippen molar-refractivity contribution in [3.8, 4) is 29.2 Å². The molecule has 0 N–H and O–H groups in total. The van der Waals surface area contributed by atoms with E-state index in [4.69, 9.17) is 22.0 Å². The van der Waals surface area contributed by atoms with E-state index in [-0.39, 0.29) is 5.92 Å². The van der Waals surface area contributed by atoms with Crippen LogP contribution in [-0.4, -0.2) is 16.1 Å². The lowest BCUT2D eigenvalue weighted by Gasteiger charge is -2.21. The minimum Gasteiger partial charge on any atom is -0.303 e. The monoisotopic (exact) mass is 455 g/mol. The van der Waals surface area contributed by atoms with Crippen LogP contribution in [0.25, 0.3) is 11.3 Å². The van der Waals surface area contributed by atoms with Gasteiger partial charge in [-0.1, -0.05) is 41.6 Å². The molecule has 0 saturated heterocycles. The number of benzene rings is 2. The molecule has 0 bridgehead atoms. The molecule has 4 nitrogen and oxygen atoms in total. The fraction of sp³-hybridized carbons (Fsp3) is 0.321. The van der Waals surface area contributed by atoms with E-state index < -0.39 is 0 Å². The summed E-state index contributed by atoms with van der Waals surface area (Å²) in [7, 11) is 0. The SMILES string of the molecule is Cc1c(-c2ccc(C#N)c(Cl)c2)nn(Cc2ccc(C#CC3CCC(C=O)CC3)cc2)c1C. The number of carbonyl (C=O) groups is 1. The number of nitriles is 1. The van der Waals surface area contributed by atoms with Crippen LogP contribution in [0.5, 0.6) is 0 Å². The van der Waals surface area contributed by atoms with Crippen molar-refractivity contribution in [2.45, 2.75) is 46.1 Å². The second-order valence-corrected chi connectivity index (χ2v) is 9.14. The molecule has 2 aromatic carbocycles. The first-order valence-corrected chi connectivity index (χ1v) is 11.7. The molecule has 0 radical (unpaired) electrons. The highest BCUT2D eigenvalue weighted by atomic mass is 35.5. The van der Waals surface area contributed by atoms with Crippen LogP contribution < -0.4 is 0 Å². The molecule has 0 amide bonds. The van der Waals surface area contributed by atoms with Gasteiger partial charge in [0, 0.05) is 28.7 Å². The van der Waals surface area contributed by atoms with E-state index in [2.05, 4.69) is 56.0 Å². The van der Waals surface area contributed by atoms with E-state index >= 15 is 0 Å². The molecule has 4 rings (SSSR count). The highest BCUT2D eigenvalue weighted by Gasteiger charge is 2.19. The number of hydrogen-bond donors (Lipinski definition) is 0. The van der Waals surface area contributed by atoms with E-state index in [1.165, 1.54) is 0 Å².